The molecule has 53 heavy (non-hydrogen) atoms. The first-order chi connectivity index (χ1) is 25.7. The Morgan fingerprint density at radius 2 is 1.08 bits per heavy atom. The lowest BCUT2D eigenvalue weighted by Gasteiger charge is -2.28. The molecule has 2 heteroatoms. The molecule has 0 spiro atoms. The van der Waals surface area contributed by atoms with Gasteiger partial charge >= 0.3 is 0 Å². The molecule has 2 nitrogen and oxygen atoms in total. The van der Waals surface area contributed by atoms with Gasteiger partial charge in [-0.15, -0.1) is 0 Å². The maximum absolute atomic E-state index is 6.58. The molecule has 10 rings (SSSR count). The van der Waals surface area contributed by atoms with Gasteiger partial charge in [-0.25, -0.2) is 0 Å². The van der Waals surface area contributed by atoms with Gasteiger partial charge < -0.3 is 9.32 Å². The Labute approximate surface area is 310 Å². The van der Waals surface area contributed by atoms with Crippen molar-refractivity contribution >= 4 is 60.5 Å². The van der Waals surface area contributed by atoms with Gasteiger partial charge in [0, 0.05) is 22.1 Å². The van der Waals surface area contributed by atoms with Crippen LogP contribution in [0.15, 0.2) is 156 Å². The number of rotatable bonds is 5. The fourth-order valence-electron chi connectivity index (χ4n) is 8.24. The van der Waals surface area contributed by atoms with Crippen LogP contribution in [-0.2, 0) is 5.41 Å². The lowest BCUT2D eigenvalue weighted by atomic mass is 9.77. The average Bonchev–Trinajstić information content (AvgIpc) is 3.56. The molecule has 0 radical (unpaired) electrons. The van der Waals surface area contributed by atoms with E-state index in [4.69, 9.17) is 4.42 Å². The predicted octanol–water partition coefficient (Wildman–Crippen LogP) is 15.1. The van der Waals surface area contributed by atoms with Crippen molar-refractivity contribution in [2.24, 2.45) is 0 Å². The lowest BCUT2D eigenvalue weighted by molar-refractivity contribution is 0.590. The Morgan fingerprint density at radius 3 is 1.75 bits per heavy atom. The highest BCUT2D eigenvalue weighted by Crippen LogP contribution is 2.51. The molecule has 256 valence electrons. The van der Waals surface area contributed by atoms with Crippen LogP contribution < -0.4 is 4.90 Å². The molecule has 0 N–H and O–H groups in total. The minimum absolute atomic E-state index is 0.145. The zero-order valence-corrected chi connectivity index (χ0v) is 30.9. The fourth-order valence-corrected chi connectivity index (χ4v) is 8.24. The third kappa shape index (κ3) is 5.16. The Hall–Kier alpha value is -6.12. The number of anilines is 3. The number of benzene rings is 8. The first kappa shape index (κ1) is 31.6. The minimum Gasteiger partial charge on any atom is -0.454 e. The van der Waals surface area contributed by atoms with Crippen LogP contribution in [0.1, 0.15) is 51.7 Å². The number of para-hydroxylation sites is 2. The maximum atomic E-state index is 6.58. The molecule has 1 heterocycles. The van der Waals surface area contributed by atoms with Gasteiger partial charge in [-0.1, -0.05) is 120 Å². The lowest BCUT2D eigenvalue weighted by Crippen LogP contribution is -2.10. The van der Waals surface area contributed by atoms with Crippen molar-refractivity contribution in [3.63, 3.8) is 0 Å². The first-order valence-corrected chi connectivity index (χ1v) is 18.8. The molecule has 1 aliphatic rings. The van der Waals surface area contributed by atoms with Crippen LogP contribution in [0, 0.1) is 0 Å². The Bertz CT molecular complexity index is 2880. The summed E-state index contributed by atoms with van der Waals surface area (Å²) in [7, 11) is 0. The standard InChI is InChI=1S/C51H41NO/c1-31(2)32-17-22-40(23-18-32)52(48-11-8-10-43-42-9-6-7-12-49(42)53-50(43)48)41-24-19-36-28-45-46-29-37-25-34(33-15-20-39(21-16-33)51(3,4)5)13-14-35(37)27-44(46)47(45)30-38(36)26-41/h6-31H,1-5H3. The molecule has 0 amide bonds. The summed E-state index contributed by atoms with van der Waals surface area (Å²) in [5, 5.41) is 7.27. The molecular formula is C51H41NO. The molecule has 1 aliphatic carbocycles. The zero-order chi connectivity index (χ0) is 36.0. The van der Waals surface area contributed by atoms with Gasteiger partial charge in [0.2, 0.25) is 0 Å². The maximum Gasteiger partial charge on any atom is 0.159 e. The molecule has 0 bridgehead atoms. The monoisotopic (exact) mass is 683 g/mol. The summed E-state index contributed by atoms with van der Waals surface area (Å²) in [6.45, 7) is 11.3. The zero-order valence-electron chi connectivity index (χ0n) is 30.9. The topological polar surface area (TPSA) is 16.4 Å². The van der Waals surface area contributed by atoms with E-state index in [-0.39, 0.29) is 5.41 Å². The highest BCUT2D eigenvalue weighted by molar-refractivity contribution is 6.13. The van der Waals surface area contributed by atoms with Gasteiger partial charge in [-0.3, -0.25) is 0 Å². The molecule has 8 aromatic carbocycles. The van der Waals surface area contributed by atoms with Crippen molar-refractivity contribution in [1.82, 2.24) is 0 Å². The molecule has 0 saturated heterocycles. The van der Waals surface area contributed by atoms with Crippen molar-refractivity contribution in [3.05, 3.63) is 163 Å². The van der Waals surface area contributed by atoms with Crippen molar-refractivity contribution in [1.29, 1.82) is 0 Å². The predicted molar refractivity (Wildman–Crippen MR) is 226 cm³/mol. The second-order valence-corrected chi connectivity index (χ2v) is 16.1. The van der Waals surface area contributed by atoms with Crippen molar-refractivity contribution in [2.45, 2.75) is 46.0 Å². The second-order valence-electron chi connectivity index (χ2n) is 16.1. The van der Waals surface area contributed by atoms with Gasteiger partial charge in [-0.2, -0.15) is 0 Å². The summed E-state index contributed by atoms with van der Waals surface area (Å²) in [5.74, 6) is 0.461. The fraction of sp³-hybridized carbons (Fsp3) is 0.137. The second kappa shape index (κ2) is 11.7. The normalized spacial score (nSPS) is 12.4. The van der Waals surface area contributed by atoms with Crippen molar-refractivity contribution in [2.75, 3.05) is 4.90 Å². The van der Waals surface area contributed by atoms with E-state index in [1.54, 1.807) is 0 Å². The number of fused-ring (bicyclic) bond motifs is 9. The van der Waals surface area contributed by atoms with E-state index in [0.717, 1.165) is 39.0 Å². The van der Waals surface area contributed by atoms with Gasteiger partial charge in [0.05, 0.1) is 5.69 Å². The summed E-state index contributed by atoms with van der Waals surface area (Å²) in [6.07, 6.45) is 0. The number of nitrogens with zero attached hydrogens (tertiary/aromatic N) is 1. The molecular weight excluding hydrogens is 643 g/mol. The van der Waals surface area contributed by atoms with Crippen LogP contribution in [-0.4, -0.2) is 0 Å². The van der Waals surface area contributed by atoms with E-state index in [2.05, 4.69) is 185 Å². The number of furan rings is 1. The summed E-state index contributed by atoms with van der Waals surface area (Å²) in [6, 6.07) is 56.1. The SMILES string of the molecule is CC(C)c1ccc(N(c2ccc3cc4c(cc3c2)-c2cc3ccc(-c5ccc(C(C)(C)C)cc5)cc3cc2-4)c2cccc3c2oc2ccccc23)cc1. The smallest absolute Gasteiger partial charge is 0.159 e. The van der Waals surface area contributed by atoms with E-state index in [9.17, 15) is 0 Å². The van der Waals surface area contributed by atoms with Crippen molar-refractivity contribution < 1.29 is 4.42 Å². The van der Waals surface area contributed by atoms with Gasteiger partial charge in [0.25, 0.3) is 0 Å². The molecule has 9 aromatic rings. The summed E-state index contributed by atoms with van der Waals surface area (Å²) < 4.78 is 6.58. The van der Waals surface area contributed by atoms with Gasteiger partial charge in [0.15, 0.2) is 5.58 Å². The Balaban J connectivity index is 1.06. The van der Waals surface area contributed by atoms with Crippen LogP contribution in [0.2, 0.25) is 0 Å². The third-order valence-corrected chi connectivity index (χ3v) is 11.3. The Morgan fingerprint density at radius 1 is 0.491 bits per heavy atom. The minimum atomic E-state index is 0.145. The van der Waals surface area contributed by atoms with E-state index >= 15 is 0 Å². The van der Waals surface area contributed by atoms with Gasteiger partial charge in [-0.05, 0) is 144 Å². The number of hydrogen-bond donors (Lipinski definition) is 0. The highest BCUT2D eigenvalue weighted by atomic mass is 16.3. The number of hydrogen-bond acceptors (Lipinski definition) is 2. The molecule has 0 unspecified atom stereocenters. The van der Waals surface area contributed by atoms with E-state index in [0.29, 0.717) is 5.92 Å². The van der Waals surface area contributed by atoms with Crippen LogP contribution in [0.25, 0.3) is 76.9 Å². The quantitative estimate of drug-likeness (QED) is 0.180. The summed E-state index contributed by atoms with van der Waals surface area (Å²) >= 11 is 0. The van der Waals surface area contributed by atoms with E-state index < -0.39 is 0 Å². The summed E-state index contributed by atoms with van der Waals surface area (Å²) in [4.78, 5) is 2.35. The van der Waals surface area contributed by atoms with Crippen LogP contribution >= 0.6 is 0 Å². The highest BCUT2D eigenvalue weighted by Gasteiger charge is 2.25. The molecule has 0 saturated carbocycles. The van der Waals surface area contributed by atoms with Gasteiger partial charge in [0.1, 0.15) is 5.58 Å². The third-order valence-electron chi connectivity index (χ3n) is 11.3. The summed E-state index contributed by atoms with van der Waals surface area (Å²) in [5.41, 5.74) is 15.7. The van der Waals surface area contributed by atoms with E-state index in [1.807, 2.05) is 6.07 Å². The van der Waals surface area contributed by atoms with Crippen LogP contribution in [0.5, 0.6) is 0 Å². The van der Waals surface area contributed by atoms with Crippen LogP contribution in [0.4, 0.5) is 17.1 Å². The average molecular weight is 684 g/mol. The van der Waals surface area contributed by atoms with Crippen molar-refractivity contribution in [3.8, 4) is 33.4 Å². The first-order valence-electron chi connectivity index (χ1n) is 18.8. The largest absolute Gasteiger partial charge is 0.454 e. The Kier molecular flexibility index (Phi) is 6.98. The van der Waals surface area contributed by atoms with E-state index in [1.165, 1.54) is 66.1 Å². The molecule has 0 fully saturated rings. The van der Waals surface area contributed by atoms with Crippen LogP contribution in [0.3, 0.4) is 0 Å². The molecule has 0 aliphatic heterocycles. The molecule has 1 aromatic heterocycles. The molecule has 0 atom stereocenters.